The van der Waals surface area contributed by atoms with E-state index in [2.05, 4.69) is 4.74 Å². The molecule has 13 heavy (non-hydrogen) atoms. The Bertz CT molecular complexity index is 209. The van der Waals surface area contributed by atoms with E-state index in [0.717, 1.165) is 0 Å². The van der Waals surface area contributed by atoms with Crippen LogP contribution in [0.3, 0.4) is 0 Å². The Morgan fingerprint density at radius 1 is 0.769 bits per heavy atom. The average Bonchev–Trinajstić information content (AvgIpc) is 1.88. The van der Waals surface area contributed by atoms with Crippen LogP contribution >= 0.6 is 0 Å². The summed E-state index contributed by atoms with van der Waals surface area (Å²) in [5.41, 5.74) is 0. The monoisotopic (exact) mass is 212 g/mol. The Morgan fingerprint density at radius 3 is 1.23 bits per heavy atom. The lowest BCUT2D eigenvalue weighted by molar-refractivity contribution is -0.335. The highest BCUT2D eigenvalue weighted by Gasteiger charge is 2.88. The van der Waals surface area contributed by atoms with Gasteiger partial charge in [-0.15, -0.1) is 0 Å². The van der Waals surface area contributed by atoms with Gasteiger partial charge in [-0.2, -0.15) is 26.3 Å². The van der Waals surface area contributed by atoms with Gasteiger partial charge in [-0.3, -0.25) is 4.74 Å². The summed E-state index contributed by atoms with van der Waals surface area (Å²) >= 11 is 0. The molecule has 0 aromatic carbocycles. The topological polar surface area (TPSA) is 9.23 Å². The molecule has 8 heteroatoms. The maximum atomic E-state index is 12.4. The van der Waals surface area contributed by atoms with Crippen molar-refractivity contribution in [3.05, 3.63) is 0 Å². The van der Waals surface area contributed by atoms with Gasteiger partial charge in [0, 0.05) is 6.92 Å². The van der Waals surface area contributed by atoms with E-state index < -0.39 is 23.8 Å². The van der Waals surface area contributed by atoms with Crippen LogP contribution in [0, 0.1) is 0 Å². The van der Waals surface area contributed by atoms with Gasteiger partial charge in [0.05, 0.1) is 0 Å². The molecule has 0 N–H and O–H groups in total. The molecule has 0 unspecified atom stereocenters. The first kappa shape index (κ1) is 10.6. The van der Waals surface area contributed by atoms with Gasteiger partial charge in [0.1, 0.15) is 0 Å². The molecule has 1 saturated heterocycles. The van der Waals surface area contributed by atoms with Crippen molar-refractivity contribution in [1.29, 1.82) is 0 Å². The van der Waals surface area contributed by atoms with E-state index in [-0.39, 0.29) is 6.92 Å². The molecule has 1 heterocycles. The molecule has 0 bridgehead atoms. The second-order valence-corrected chi connectivity index (χ2v) is 2.68. The quantitative estimate of drug-likeness (QED) is 0.560. The normalized spacial score (nSPS) is 40.6. The second kappa shape index (κ2) is 2.10. The molecule has 0 amide bonds. The molecule has 1 aliphatic rings. The zero-order valence-electron chi connectivity index (χ0n) is 6.05. The number of ether oxygens (including phenoxy) is 1. The standard InChI is InChI=1S/C5H3F7O/c1-2(6)3(7,8)4(9,10)5(11,12)13-2/h1H3/t2-/m0/s1. The third-order valence-corrected chi connectivity index (χ3v) is 1.64. The number of hydrogen-bond donors (Lipinski definition) is 0. The molecule has 1 nitrogen and oxygen atoms in total. The fourth-order valence-corrected chi connectivity index (χ4v) is 0.832. The van der Waals surface area contributed by atoms with Crippen LogP contribution in [0.4, 0.5) is 30.7 Å². The van der Waals surface area contributed by atoms with Gasteiger partial charge in [0.25, 0.3) is 5.85 Å². The first-order valence-electron chi connectivity index (χ1n) is 2.98. The van der Waals surface area contributed by atoms with Crippen molar-refractivity contribution in [2.45, 2.75) is 30.7 Å². The Labute approximate surface area is 67.5 Å². The molecule has 0 spiro atoms. The van der Waals surface area contributed by atoms with Crippen molar-refractivity contribution in [1.82, 2.24) is 0 Å². The highest BCUT2D eigenvalue weighted by molar-refractivity contribution is 5.05. The fourth-order valence-electron chi connectivity index (χ4n) is 0.832. The fraction of sp³-hybridized carbons (Fsp3) is 1.00. The van der Waals surface area contributed by atoms with Crippen LogP contribution in [0.1, 0.15) is 6.92 Å². The molecule has 78 valence electrons. The van der Waals surface area contributed by atoms with Crippen molar-refractivity contribution in [3.8, 4) is 0 Å². The first-order chi connectivity index (χ1) is 5.46. The zero-order chi connectivity index (χ0) is 10.7. The summed E-state index contributed by atoms with van der Waals surface area (Å²) < 4.78 is 87.9. The summed E-state index contributed by atoms with van der Waals surface area (Å²) in [5.74, 6) is -15.8. The van der Waals surface area contributed by atoms with E-state index >= 15 is 0 Å². The molecule has 1 atom stereocenters. The molecular weight excluding hydrogens is 209 g/mol. The van der Waals surface area contributed by atoms with E-state index in [1.54, 1.807) is 0 Å². The van der Waals surface area contributed by atoms with Gasteiger partial charge in [0.2, 0.25) is 0 Å². The van der Waals surface area contributed by atoms with Crippen LogP contribution < -0.4 is 0 Å². The molecular formula is C5H3F7O. The summed E-state index contributed by atoms with van der Waals surface area (Å²) in [6, 6.07) is 0. The van der Waals surface area contributed by atoms with E-state index in [0.29, 0.717) is 0 Å². The maximum Gasteiger partial charge on any atom is 0.428 e. The summed E-state index contributed by atoms with van der Waals surface area (Å²) in [7, 11) is 0. The Morgan fingerprint density at radius 2 is 1.15 bits per heavy atom. The van der Waals surface area contributed by atoms with Crippen LogP contribution in [0.15, 0.2) is 0 Å². The zero-order valence-corrected chi connectivity index (χ0v) is 6.05. The minimum atomic E-state index is -5.84. The van der Waals surface area contributed by atoms with Gasteiger partial charge in [0.15, 0.2) is 0 Å². The number of alkyl halides is 7. The van der Waals surface area contributed by atoms with Gasteiger partial charge in [-0.1, -0.05) is 0 Å². The smallest absolute Gasteiger partial charge is 0.272 e. The third kappa shape index (κ3) is 0.976. The summed E-state index contributed by atoms with van der Waals surface area (Å²) in [6.07, 6.45) is -5.50. The Balaban J connectivity index is 3.24. The first-order valence-corrected chi connectivity index (χ1v) is 2.98. The number of hydrogen-bond acceptors (Lipinski definition) is 1. The molecule has 1 rings (SSSR count). The minimum Gasteiger partial charge on any atom is -0.272 e. The molecule has 0 radical (unpaired) electrons. The number of halogens is 7. The molecule has 0 aromatic heterocycles. The van der Waals surface area contributed by atoms with Crippen molar-refractivity contribution in [2.75, 3.05) is 0 Å². The summed E-state index contributed by atoms with van der Waals surface area (Å²) in [5, 5.41) is 0. The minimum absolute atomic E-state index is 0.179. The average molecular weight is 212 g/mol. The van der Waals surface area contributed by atoms with Gasteiger partial charge < -0.3 is 0 Å². The van der Waals surface area contributed by atoms with Crippen LogP contribution in [0.2, 0.25) is 0 Å². The largest absolute Gasteiger partial charge is 0.428 e. The van der Waals surface area contributed by atoms with E-state index in [9.17, 15) is 30.7 Å². The second-order valence-electron chi connectivity index (χ2n) is 2.68. The van der Waals surface area contributed by atoms with Crippen molar-refractivity contribution >= 4 is 0 Å². The van der Waals surface area contributed by atoms with Crippen LogP contribution in [0.25, 0.3) is 0 Å². The molecule has 0 saturated carbocycles. The highest BCUT2D eigenvalue weighted by Crippen LogP contribution is 2.60. The predicted octanol–water partition coefficient (Wildman–Crippen LogP) is 2.57. The van der Waals surface area contributed by atoms with E-state index in [1.807, 2.05) is 0 Å². The van der Waals surface area contributed by atoms with Gasteiger partial charge in [-0.05, 0) is 0 Å². The molecule has 1 aliphatic heterocycles. The van der Waals surface area contributed by atoms with E-state index in [4.69, 9.17) is 0 Å². The number of rotatable bonds is 0. The SMILES string of the molecule is C[C@]1(F)OC(F)(F)C(F)(F)C1(F)F. The predicted molar refractivity (Wildman–Crippen MR) is 25.4 cm³/mol. The van der Waals surface area contributed by atoms with E-state index in [1.165, 1.54) is 0 Å². The third-order valence-electron chi connectivity index (χ3n) is 1.64. The molecule has 1 fully saturated rings. The van der Waals surface area contributed by atoms with Gasteiger partial charge >= 0.3 is 18.0 Å². The van der Waals surface area contributed by atoms with Crippen LogP contribution in [-0.2, 0) is 4.74 Å². The molecule has 0 aliphatic carbocycles. The van der Waals surface area contributed by atoms with Crippen molar-refractivity contribution in [2.24, 2.45) is 0 Å². The van der Waals surface area contributed by atoms with Crippen molar-refractivity contribution < 1.29 is 35.5 Å². The Kier molecular flexibility index (Phi) is 1.70. The summed E-state index contributed by atoms with van der Waals surface area (Å²) in [6.45, 7) is -0.179. The van der Waals surface area contributed by atoms with Crippen LogP contribution in [-0.4, -0.2) is 23.8 Å². The lowest BCUT2D eigenvalue weighted by Crippen LogP contribution is -2.51. The molecule has 0 aromatic rings. The highest BCUT2D eigenvalue weighted by atomic mass is 19.4. The van der Waals surface area contributed by atoms with Crippen LogP contribution in [0.5, 0.6) is 0 Å². The lowest BCUT2D eigenvalue weighted by atomic mass is 10.1. The lowest BCUT2D eigenvalue weighted by Gasteiger charge is -2.22. The van der Waals surface area contributed by atoms with Gasteiger partial charge in [-0.25, -0.2) is 4.39 Å². The van der Waals surface area contributed by atoms with Crippen molar-refractivity contribution in [3.63, 3.8) is 0 Å². The summed E-state index contributed by atoms with van der Waals surface area (Å²) in [4.78, 5) is 0. The Hall–Kier alpha value is -0.530. The maximum absolute atomic E-state index is 12.4.